The van der Waals surface area contributed by atoms with E-state index in [1.165, 1.54) is 7.11 Å². The molecule has 1 heterocycles. The molecule has 0 aromatic heterocycles. The molecule has 0 saturated carbocycles. The summed E-state index contributed by atoms with van der Waals surface area (Å²) >= 11 is 0. The Hall–Kier alpha value is -0.650. The van der Waals surface area contributed by atoms with Gasteiger partial charge in [-0.25, -0.2) is 0 Å². The fourth-order valence-corrected chi connectivity index (χ4v) is 1.54. The topological polar surface area (TPSA) is 64.8 Å². The van der Waals surface area contributed by atoms with Crippen molar-refractivity contribution >= 4 is 5.91 Å². The maximum absolute atomic E-state index is 11.8. The fourth-order valence-electron chi connectivity index (χ4n) is 1.54. The van der Waals surface area contributed by atoms with E-state index in [2.05, 4.69) is 0 Å². The van der Waals surface area contributed by atoms with Gasteiger partial charge >= 0.3 is 0 Å². The molecule has 1 aliphatic heterocycles. The Bertz CT molecular complexity index is 194. The van der Waals surface area contributed by atoms with Gasteiger partial charge in [-0.05, 0) is 6.92 Å². The number of nitrogens with two attached hydrogens (primary N) is 1. The number of carbonyl (C=O) groups is 1. The third-order valence-corrected chi connectivity index (χ3v) is 2.42. The summed E-state index contributed by atoms with van der Waals surface area (Å²) in [6.07, 6.45) is -0.518. The van der Waals surface area contributed by atoms with E-state index in [4.69, 9.17) is 15.2 Å². The fraction of sp³-hybridized carbons (Fsp3) is 0.889. The molecule has 2 N–H and O–H groups in total. The van der Waals surface area contributed by atoms with Crippen molar-refractivity contribution in [2.45, 2.75) is 19.1 Å². The molecule has 0 aromatic carbocycles. The Morgan fingerprint density at radius 1 is 1.79 bits per heavy atom. The van der Waals surface area contributed by atoms with Gasteiger partial charge in [0.15, 0.2) is 0 Å². The zero-order chi connectivity index (χ0) is 10.6. The van der Waals surface area contributed by atoms with Crippen LogP contribution >= 0.6 is 0 Å². The summed E-state index contributed by atoms with van der Waals surface area (Å²) in [5, 5.41) is 0. The molecule has 5 nitrogen and oxygen atoms in total. The number of methoxy groups -OCH3 is 1. The van der Waals surface area contributed by atoms with Crippen LogP contribution in [-0.4, -0.2) is 56.4 Å². The Balaban J connectivity index is 2.57. The average molecular weight is 202 g/mol. The minimum absolute atomic E-state index is 0.0363. The van der Waals surface area contributed by atoms with Gasteiger partial charge in [0.25, 0.3) is 5.91 Å². The van der Waals surface area contributed by atoms with Crippen LogP contribution in [0.1, 0.15) is 6.92 Å². The van der Waals surface area contributed by atoms with E-state index in [9.17, 15) is 4.79 Å². The van der Waals surface area contributed by atoms with E-state index >= 15 is 0 Å². The second-order valence-electron chi connectivity index (χ2n) is 3.42. The van der Waals surface area contributed by atoms with Gasteiger partial charge in [-0.2, -0.15) is 0 Å². The second kappa shape index (κ2) is 5.29. The smallest absolute Gasteiger partial charge is 0.253 e. The maximum atomic E-state index is 11.8. The summed E-state index contributed by atoms with van der Waals surface area (Å²) in [4.78, 5) is 13.6. The van der Waals surface area contributed by atoms with E-state index < -0.39 is 6.10 Å². The van der Waals surface area contributed by atoms with Crippen LogP contribution in [0.25, 0.3) is 0 Å². The lowest BCUT2D eigenvalue weighted by molar-refractivity contribution is -0.149. The summed E-state index contributed by atoms with van der Waals surface area (Å²) in [5.74, 6) is -0.0363. The van der Waals surface area contributed by atoms with Crippen molar-refractivity contribution in [3.63, 3.8) is 0 Å². The van der Waals surface area contributed by atoms with E-state index in [1.807, 2.05) is 6.92 Å². The minimum atomic E-state index is -0.518. The molecule has 0 radical (unpaired) electrons. The third kappa shape index (κ3) is 2.43. The Labute approximate surface area is 84.1 Å². The van der Waals surface area contributed by atoms with Crippen molar-refractivity contribution in [1.82, 2.24) is 4.90 Å². The first-order valence-electron chi connectivity index (χ1n) is 4.81. The van der Waals surface area contributed by atoms with Crippen molar-refractivity contribution < 1.29 is 14.3 Å². The molecule has 1 unspecified atom stereocenters. The van der Waals surface area contributed by atoms with Crippen molar-refractivity contribution in [1.29, 1.82) is 0 Å². The van der Waals surface area contributed by atoms with E-state index in [1.54, 1.807) is 4.90 Å². The third-order valence-electron chi connectivity index (χ3n) is 2.42. The predicted molar refractivity (Wildman–Crippen MR) is 51.8 cm³/mol. The molecule has 0 aliphatic carbocycles. The van der Waals surface area contributed by atoms with Crippen LogP contribution in [0.15, 0.2) is 0 Å². The van der Waals surface area contributed by atoms with Crippen molar-refractivity contribution in [2.75, 3.05) is 33.4 Å². The summed E-state index contributed by atoms with van der Waals surface area (Å²) < 4.78 is 10.2. The number of hydrogen-bond donors (Lipinski definition) is 1. The van der Waals surface area contributed by atoms with Gasteiger partial charge in [0.05, 0.1) is 19.3 Å². The predicted octanol–water partition coefficient (Wildman–Crippen LogP) is -0.793. The normalized spacial score (nSPS) is 24.8. The largest absolute Gasteiger partial charge is 0.377 e. The first kappa shape index (κ1) is 11.4. The molecule has 82 valence electrons. The number of ether oxygens (including phenoxy) is 2. The lowest BCUT2D eigenvalue weighted by Crippen LogP contribution is -2.52. The minimum Gasteiger partial charge on any atom is -0.377 e. The number of carbonyl (C=O) groups excluding carboxylic acids is 1. The molecule has 1 saturated heterocycles. The first-order valence-corrected chi connectivity index (χ1v) is 4.81. The van der Waals surface area contributed by atoms with Crippen molar-refractivity contribution in [2.24, 2.45) is 5.73 Å². The highest BCUT2D eigenvalue weighted by Crippen LogP contribution is 2.08. The van der Waals surface area contributed by atoms with Gasteiger partial charge < -0.3 is 20.1 Å². The van der Waals surface area contributed by atoms with Crippen LogP contribution in [0.2, 0.25) is 0 Å². The van der Waals surface area contributed by atoms with Crippen LogP contribution in [0, 0.1) is 0 Å². The van der Waals surface area contributed by atoms with Gasteiger partial charge in [-0.3, -0.25) is 4.79 Å². The lowest BCUT2D eigenvalue weighted by atomic mass is 10.2. The number of amides is 1. The van der Waals surface area contributed by atoms with Crippen molar-refractivity contribution in [3.05, 3.63) is 0 Å². The summed E-state index contributed by atoms with van der Waals surface area (Å²) in [6.45, 7) is 3.99. The number of morpholine rings is 1. The van der Waals surface area contributed by atoms with Crippen LogP contribution in [-0.2, 0) is 14.3 Å². The van der Waals surface area contributed by atoms with Crippen LogP contribution in [0.3, 0.4) is 0 Å². The van der Waals surface area contributed by atoms with Crippen LogP contribution in [0.4, 0.5) is 0 Å². The molecule has 14 heavy (non-hydrogen) atoms. The van der Waals surface area contributed by atoms with Crippen molar-refractivity contribution in [3.8, 4) is 0 Å². The van der Waals surface area contributed by atoms with Gasteiger partial charge in [0.1, 0.15) is 6.10 Å². The Morgan fingerprint density at radius 2 is 2.50 bits per heavy atom. The first-order chi connectivity index (χ1) is 6.70. The average Bonchev–Trinajstić information content (AvgIpc) is 2.20. The Kier molecular flexibility index (Phi) is 4.31. The molecule has 1 aliphatic rings. The molecule has 2 atom stereocenters. The molecule has 1 amide bonds. The maximum Gasteiger partial charge on any atom is 0.253 e. The zero-order valence-electron chi connectivity index (χ0n) is 8.73. The summed E-state index contributed by atoms with van der Waals surface area (Å²) in [7, 11) is 1.50. The molecule has 1 fully saturated rings. The molecular formula is C9H18N2O3. The molecule has 1 rings (SSSR count). The molecule has 0 aromatic rings. The van der Waals surface area contributed by atoms with Crippen LogP contribution in [0.5, 0.6) is 0 Å². The van der Waals surface area contributed by atoms with Gasteiger partial charge in [-0.1, -0.05) is 0 Å². The lowest BCUT2D eigenvalue weighted by Gasteiger charge is -2.35. The highest BCUT2D eigenvalue weighted by atomic mass is 16.5. The highest BCUT2D eigenvalue weighted by molar-refractivity contribution is 5.81. The Morgan fingerprint density at radius 3 is 3.00 bits per heavy atom. The van der Waals surface area contributed by atoms with E-state index in [-0.39, 0.29) is 18.5 Å². The van der Waals surface area contributed by atoms with Crippen LogP contribution < -0.4 is 5.73 Å². The second-order valence-corrected chi connectivity index (χ2v) is 3.42. The SMILES string of the molecule is COC(CN)C(=O)N1CCOC[C@H]1C. The molecule has 0 bridgehead atoms. The summed E-state index contributed by atoms with van der Waals surface area (Å²) in [5.41, 5.74) is 5.43. The number of nitrogens with zero attached hydrogens (tertiary/aromatic N) is 1. The van der Waals surface area contributed by atoms with E-state index in [0.717, 1.165) is 0 Å². The molecule has 0 spiro atoms. The summed E-state index contributed by atoms with van der Waals surface area (Å²) in [6, 6.07) is 0.112. The quantitative estimate of drug-likeness (QED) is 0.651. The zero-order valence-corrected chi connectivity index (χ0v) is 8.73. The van der Waals surface area contributed by atoms with E-state index in [0.29, 0.717) is 19.8 Å². The molecular weight excluding hydrogens is 184 g/mol. The van der Waals surface area contributed by atoms with Gasteiger partial charge in [-0.15, -0.1) is 0 Å². The van der Waals surface area contributed by atoms with Gasteiger partial charge in [0, 0.05) is 20.2 Å². The van der Waals surface area contributed by atoms with Gasteiger partial charge in [0.2, 0.25) is 0 Å². The monoisotopic (exact) mass is 202 g/mol. The standard InChI is InChI=1S/C9H18N2O3/c1-7-6-14-4-3-11(7)9(12)8(5-10)13-2/h7-8H,3-6,10H2,1-2H3/t7-,8?/m1/s1. The molecule has 5 heteroatoms. The number of hydrogen-bond acceptors (Lipinski definition) is 4. The number of rotatable bonds is 3. The highest BCUT2D eigenvalue weighted by Gasteiger charge is 2.28.